The number of piperazine rings is 1. The highest BCUT2D eigenvalue weighted by Gasteiger charge is 2.32. The molecule has 0 aliphatic carbocycles. The van der Waals surface area contributed by atoms with Crippen LogP contribution in [-0.2, 0) is 0 Å². The lowest BCUT2D eigenvalue weighted by molar-refractivity contribution is 0.0622. The van der Waals surface area contributed by atoms with Crippen molar-refractivity contribution in [3.63, 3.8) is 0 Å². The Morgan fingerprint density at radius 2 is 1.94 bits per heavy atom. The molecule has 2 nitrogen and oxygen atoms in total. The Balaban J connectivity index is 2.41. The number of nitrogens with zero attached hydrogens (tertiary/aromatic N) is 1. The van der Waals surface area contributed by atoms with Crippen molar-refractivity contribution < 1.29 is 0 Å². The van der Waals surface area contributed by atoms with Gasteiger partial charge < -0.3 is 5.32 Å². The lowest BCUT2D eigenvalue weighted by Gasteiger charge is -2.46. The second kappa shape index (κ2) is 6.61. The maximum absolute atomic E-state index is 3.69. The molecule has 1 aliphatic heterocycles. The van der Waals surface area contributed by atoms with Crippen molar-refractivity contribution in [2.45, 2.75) is 71.4 Å². The van der Waals surface area contributed by atoms with E-state index < -0.39 is 0 Å². The van der Waals surface area contributed by atoms with Crippen LogP contribution in [0.25, 0.3) is 0 Å². The third-order valence-corrected chi connectivity index (χ3v) is 3.79. The van der Waals surface area contributed by atoms with Gasteiger partial charge in [0.15, 0.2) is 0 Å². The van der Waals surface area contributed by atoms with Crippen molar-refractivity contribution in [2.75, 3.05) is 19.6 Å². The Morgan fingerprint density at radius 3 is 2.56 bits per heavy atom. The van der Waals surface area contributed by atoms with E-state index in [2.05, 4.69) is 37.9 Å². The first-order valence-corrected chi connectivity index (χ1v) is 7.08. The number of rotatable bonds is 6. The molecule has 0 aromatic heterocycles. The SMILES string of the molecule is CCCCCN1CC(CCC)NCC1(C)C. The molecule has 96 valence electrons. The first-order chi connectivity index (χ1) is 7.60. The average molecular weight is 226 g/mol. The minimum absolute atomic E-state index is 0.345. The highest BCUT2D eigenvalue weighted by molar-refractivity contribution is 4.92. The molecule has 1 unspecified atom stereocenters. The topological polar surface area (TPSA) is 15.3 Å². The van der Waals surface area contributed by atoms with Crippen LogP contribution in [0.3, 0.4) is 0 Å². The summed E-state index contributed by atoms with van der Waals surface area (Å²) in [5.41, 5.74) is 0.345. The summed E-state index contributed by atoms with van der Waals surface area (Å²) in [6.45, 7) is 13.0. The summed E-state index contributed by atoms with van der Waals surface area (Å²) >= 11 is 0. The van der Waals surface area contributed by atoms with Crippen LogP contribution in [0.1, 0.15) is 59.8 Å². The molecule has 1 atom stereocenters. The fourth-order valence-corrected chi connectivity index (χ4v) is 2.57. The Morgan fingerprint density at radius 1 is 1.19 bits per heavy atom. The monoisotopic (exact) mass is 226 g/mol. The summed E-state index contributed by atoms with van der Waals surface area (Å²) in [7, 11) is 0. The maximum Gasteiger partial charge on any atom is 0.0278 e. The van der Waals surface area contributed by atoms with E-state index in [0.717, 1.165) is 12.6 Å². The van der Waals surface area contributed by atoms with E-state index in [1.54, 1.807) is 0 Å². The first kappa shape index (κ1) is 14.0. The standard InChI is InChI=1S/C14H30N2/c1-5-7-8-10-16-11-13(9-6-2)15-12-14(16,3)4/h13,15H,5-12H2,1-4H3. The highest BCUT2D eigenvalue weighted by atomic mass is 15.3. The molecule has 1 heterocycles. The molecule has 1 fully saturated rings. The van der Waals surface area contributed by atoms with E-state index in [1.807, 2.05) is 0 Å². The van der Waals surface area contributed by atoms with E-state index in [9.17, 15) is 0 Å². The molecular weight excluding hydrogens is 196 g/mol. The van der Waals surface area contributed by atoms with Crippen LogP contribution < -0.4 is 5.32 Å². The van der Waals surface area contributed by atoms with Crippen molar-refractivity contribution in [3.8, 4) is 0 Å². The molecule has 1 N–H and O–H groups in total. The van der Waals surface area contributed by atoms with Crippen LogP contribution in [0, 0.1) is 0 Å². The van der Waals surface area contributed by atoms with Crippen molar-refractivity contribution in [1.82, 2.24) is 10.2 Å². The minimum atomic E-state index is 0.345. The van der Waals surface area contributed by atoms with E-state index in [0.29, 0.717) is 5.54 Å². The molecular formula is C14H30N2. The van der Waals surface area contributed by atoms with Gasteiger partial charge in [0.05, 0.1) is 0 Å². The Bertz CT molecular complexity index is 189. The smallest absolute Gasteiger partial charge is 0.0278 e. The summed E-state index contributed by atoms with van der Waals surface area (Å²) in [4.78, 5) is 2.69. The van der Waals surface area contributed by atoms with Crippen LogP contribution >= 0.6 is 0 Å². The largest absolute Gasteiger partial charge is 0.311 e. The molecule has 0 saturated carbocycles. The predicted octanol–water partition coefficient (Wildman–Crippen LogP) is 3.03. The summed E-state index contributed by atoms with van der Waals surface area (Å²) < 4.78 is 0. The first-order valence-electron chi connectivity index (χ1n) is 7.08. The van der Waals surface area contributed by atoms with E-state index >= 15 is 0 Å². The van der Waals surface area contributed by atoms with Gasteiger partial charge in [0, 0.05) is 24.7 Å². The summed E-state index contributed by atoms with van der Waals surface area (Å²) in [6.07, 6.45) is 6.67. The summed E-state index contributed by atoms with van der Waals surface area (Å²) in [5, 5.41) is 3.69. The van der Waals surface area contributed by atoms with Crippen molar-refractivity contribution in [3.05, 3.63) is 0 Å². The zero-order valence-corrected chi connectivity index (χ0v) is 11.7. The van der Waals surface area contributed by atoms with E-state index in [4.69, 9.17) is 0 Å². The lowest BCUT2D eigenvalue weighted by atomic mass is 9.95. The van der Waals surface area contributed by atoms with Gasteiger partial charge in [-0.15, -0.1) is 0 Å². The number of hydrogen-bond acceptors (Lipinski definition) is 2. The average Bonchev–Trinajstić information content (AvgIpc) is 2.23. The van der Waals surface area contributed by atoms with Crippen molar-refractivity contribution in [1.29, 1.82) is 0 Å². The van der Waals surface area contributed by atoms with Crippen molar-refractivity contribution >= 4 is 0 Å². The Kier molecular flexibility index (Phi) is 5.77. The van der Waals surface area contributed by atoms with Gasteiger partial charge >= 0.3 is 0 Å². The molecule has 1 rings (SSSR count). The zero-order valence-electron chi connectivity index (χ0n) is 11.7. The third kappa shape index (κ3) is 4.06. The Hall–Kier alpha value is -0.0800. The maximum atomic E-state index is 3.69. The van der Waals surface area contributed by atoms with Gasteiger partial charge in [-0.3, -0.25) is 4.90 Å². The highest BCUT2D eigenvalue weighted by Crippen LogP contribution is 2.20. The van der Waals surface area contributed by atoms with E-state index in [-0.39, 0.29) is 0 Å². The zero-order chi connectivity index (χ0) is 12.0. The van der Waals surface area contributed by atoms with Crippen LogP contribution in [0.15, 0.2) is 0 Å². The Labute approximate surface area is 102 Å². The van der Waals surface area contributed by atoms with Crippen molar-refractivity contribution in [2.24, 2.45) is 0 Å². The molecule has 0 bridgehead atoms. The van der Waals surface area contributed by atoms with Gasteiger partial charge in [0.2, 0.25) is 0 Å². The van der Waals surface area contributed by atoms with Crippen LogP contribution in [0.5, 0.6) is 0 Å². The second-order valence-corrected chi connectivity index (χ2v) is 5.83. The molecule has 0 aromatic carbocycles. The third-order valence-electron chi connectivity index (χ3n) is 3.79. The fourth-order valence-electron chi connectivity index (χ4n) is 2.57. The molecule has 2 heteroatoms. The quantitative estimate of drug-likeness (QED) is 0.700. The molecule has 1 aliphatic rings. The molecule has 1 saturated heterocycles. The predicted molar refractivity (Wildman–Crippen MR) is 71.9 cm³/mol. The van der Waals surface area contributed by atoms with Crippen LogP contribution in [0.2, 0.25) is 0 Å². The van der Waals surface area contributed by atoms with Gasteiger partial charge in [0.1, 0.15) is 0 Å². The van der Waals surface area contributed by atoms with Gasteiger partial charge in [-0.05, 0) is 33.2 Å². The van der Waals surface area contributed by atoms with Gasteiger partial charge in [-0.2, -0.15) is 0 Å². The fraction of sp³-hybridized carbons (Fsp3) is 1.00. The molecule has 0 aromatic rings. The number of hydrogen-bond donors (Lipinski definition) is 1. The summed E-state index contributed by atoms with van der Waals surface area (Å²) in [5.74, 6) is 0. The number of nitrogens with one attached hydrogen (secondary N) is 1. The molecule has 0 amide bonds. The molecule has 0 radical (unpaired) electrons. The molecule has 0 spiro atoms. The summed E-state index contributed by atoms with van der Waals surface area (Å²) in [6, 6.07) is 0.722. The van der Waals surface area contributed by atoms with Gasteiger partial charge in [-0.25, -0.2) is 0 Å². The normalized spacial score (nSPS) is 25.9. The number of unbranched alkanes of at least 4 members (excludes halogenated alkanes) is 2. The van der Waals surface area contributed by atoms with Gasteiger partial charge in [-0.1, -0.05) is 33.1 Å². The minimum Gasteiger partial charge on any atom is -0.311 e. The second-order valence-electron chi connectivity index (χ2n) is 5.83. The molecule has 16 heavy (non-hydrogen) atoms. The van der Waals surface area contributed by atoms with Crippen LogP contribution in [-0.4, -0.2) is 36.1 Å². The van der Waals surface area contributed by atoms with E-state index in [1.165, 1.54) is 45.2 Å². The van der Waals surface area contributed by atoms with Gasteiger partial charge in [0.25, 0.3) is 0 Å². The lowest BCUT2D eigenvalue weighted by Crippen LogP contribution is -2.61. The van der Waals surface area contributed by atoms with Crippen LogP contribution in [0.4, 0.5) is 0 Å².